The Morgan fingerprint density at radius 1 is 1.15 bits per heavy atom. The van der Waals surface area contributed by atoms with Gasteiger partial charge in [-0.3, -0.25) is 4.79 Å². The van der Waals surface area contributed by atoms with E-state index >= 15 is 0 Å². The molecule has 5 rings (SSSR count). The second-order valence-electron chi connectivity index (χ2n) is 10.3. The predicted octanol–water partition coefficient (Wildman–Crippen LogP) is 5.37. The van der Waals surface area contributed by atoms with Gasteiger partial charge in [0.1, 0.15) is 0 Å². The molecular formula is C24H26ClN3O3S2. The maximum atomic E-state index is 12.8. The van der Waals surface area contributed by atoms with Gasteiger partial charge in [0.15, 0.2) is 14.9 Å². The van der Waals surface area contributed by atoms with E-state index in [1.54, 1.807) is 38.2 Å². The molecule has 1 N–H and O–H groups in total. The van der Waals surface area contributed by atoms with Crippen LogP contribution in [0.25, 0.3) is 10.2 Å². The van der Waals surface area contributed by atoms with Gasteiger partial charge in [-0.25, -0.2) is 18.4 Å². The fraction of sp³-hybridized carbons (Fsp3) is 0.458. The van der Waals surface area contributed by atoms with Crippen LogP contribution in [0.5, 0.6) is 0 Å². The van der Waals surface area contributed by atoms with E-state index in [9.17, 15) is 13.2 Å². The zero-order valence-electron chi connectivity index (χ0n) is 18.8. The van der Waals surface area contributed by atoms with Crippen molar-refractivity contribution in [1.82, 2.24) is 15.3 Å². The first-order chi connectivity index (χ1) is 15.5. The topological polar surface area (TPSA) is 89.0 Å². The largest absolute Gasteiger partial charge is 0.349 e. The minimum Gasteiger partial charge on any atom is -0.349 e. The Kier molecular flexibility index (Phi) is 5.34. The first-order valence-electron chi connectivity index (χ1n) is 11.0. The van der Waals surface area contributed by atoms with Crippen LogP contribution < -0.4 is 5.32 Å². The molecule has 33 heavy (non-hydrogen) atoms. The molecule has 0 radical (unpaired) electrons. The van der Waals surface area contributed by atoms with Crippen molar-refractivity contribution in [1.29, 1.82) is 0 Å². The molecule has 6 nitrogen and oxygen atoms in total. The normalized spacial score (nSPS) is 25.0. The number of thiazole rings is 1. The lowest BCUT2D eigenvalue weighted by Gasteiger charge is -2.57. The zero-order valence-corrected chi connectivity index (χ0v) is 21.1. The average molecular weight is 504 g/mol. The Hall–Kier alpha value is -2.03. The SMILES string of the molecule is CC(C)(C)S(=O)(=O)c1cc(C(=O)NC2CC3(C2)CC(c2nc4cc(Cl)ccc4s2)C3)ccn1. The lowest BCUT2D eigenvalue weighted by molar-refractivity contribution is -0.0187. The monoisotopic (exact) mass is 503 g/mol. The molecular weight excluding hydrogens is 478 g/mol. The van der Waals surface area contributed by atoms with Gasteiger partial charge in [0, 0.05) is 28.7 Å². The number of sulfone groups is 1. The highest BCUT2D eigenvalue weighted by molar-refractivity contribution is 7.92. The quantitative estimate of drug-likeness (QED) is 0.516. The minimum absolute atomic E-state index is 0.0633. The van der Waals surface area contributed by atoms with Crippen molar-refractivity contribution in [2.24, 2.45) is 5.41 Å². The molecule has 1 spiro atoms. The van der Waals surface area contributed by atoms with Crippen molar-refractivity contribution in [2.45, 2.75) is 68.2 Å². The number of pyridine rings is 1. The highest BCUT2D eigenvalue weighted by atomic mass is 35.5. The van der Waals surface area contributed by atoms with Crippen LogP contribution in [0.4, 0.5) is 0 Å². The van der Waals surface area contributed by atoms with Gasteiger partial charge in [0.05, 0.1) is 20.0 Å². The number of carbonyl (C=O) groups excluding carboxylic acids is 1. The third-order valence-electron chi connectivity index (χ3n) is 6.85. The molecule has 2 aliphatic rings. The number of aromatic nitrogens is 2. The average Bonchev–Trinajstić information content (AvgIpc) is 3.10. The van der Waals surface area contributed by atoms with E-state index in [1.807, 2.05) is 18.2 Å². The molecule has 0 aliphatic heterocycles. The van der Waals surface area contributed by atoms with Crippen LogP contribution in [0, 0.1) is 5.41 Å². The summed E-state index contributed by atoms with van der Waals surface area (Å²) in [5.41, 5.74) is 1.58. The number of hydrogen-bond donors (Lipinski definition) is 1. The summed E-state index contributed by atoms with van der Waals surface area (Å²) in [6, 6.07) is 8.89. The van der Waals surface area contributed by atoms with E-state index in [1.165, 1.54) is 22.0 Å². The van der Waals surface area contributed by atoms with Gasteiger partial charge >= 0.3 is 0 Å². The Morgan fingerprint density at radius 2 is 1.88 bits per heavy atom. The Bertz CT molecular complexity index is 1350. The third kappa shape index (κ3) is 4.06. The van der Waals surface area contributed by atoms with Crippen LogP contribution in [0.3, 0.4) is 0 Å². The summed E-state index contributed by atoms with van der Waals surface area (Å²) in [5.74, 6) is 0.227. The molecule has 2 saturated carbocycles. The number of fused-ring (bicyclic) bond motifs is 1. The predicted molar refractivity (Wildman–Crippen MR) is 131 cm³/mol. The van der Waals surface area contributed by atoms with E-state index in [-0.39, 0.29) is 22.4 Å². The van der Waals surface area contributed by atoms with Gasteiger partial charge in [-0.05, 0) is 82.2 Å². The molecule has 1 aromatic carbocycles. The van der Waals surface area contributed by atoms with Gasteiger partial charge in [-0.1, -0.05) is 11.6 Å². The highest BCUT2D eigenvalue weighted by Gasteiger charge is 2.54. The standard InChI is InChI=1S/C24H26ClN3O3S2/c1-23(2,3)33(30,31)20-8-14(6-7-26-20)21(29)27-17-12-24(13-17)10-15(11-24)22-28-18-9-16(25)4-5-19(18)32-22/h4-9,15,17H,10-13H2,1-3H3,(H,27,29). The van der Waals surface area contributed by atoms with Gasteiger partial charge in [-0.2, -0.15) is 0 Å². The van der Waals surface area contributed by atoms with E-state index in [0.29, 0.717) is 16.5 Å². The maximum Gasteiger partial charge on any atom is 0.251 e. The van der Waals surface area contributed by atoms with Crippen LogP contribution in [0.15, 0.2) is 41.6 Å². The number of nitrogens with zero attached hydrogens (tertiary/aromatic N) is 2. The van der Waals surface area contributed by atoms with Gasteiger partial charge < -0.3 is 5.32 Å². The van der Waals surface area contributed by atoms with Crippen molar-refractivity contribution < 1.29 is 13.2 Å². The van der Waals surface area contributed by atoms with Crippen LogP contribution in [0.2, 0.25) is 5.02 Å². The van der Waals surface area contributed by atoms with Crippen LogP contribution in [0.1, 0.15) is 67.7 Å². The molecule has 2 fully saturated rings. The summed E-state index contributed by atoms with van der Waals surface area (Å²) in [7, 11) is -3.61. The molecule has 0 saturated heterocycles. The Labute approximate surface area is 202 Å². The summed E-state index contributed by atoms with van der Waals surface area (Å²) >= 11 is 7.83. The van der Waals surface area contributed by atoms with Crippen LogP contribution in [-0.2, 0) is 9.84 Å². The molecule has 1 amide bonds. The van der Waals surface area contributed by atoms with E-state index in [0.717, 1.165) is 31.2 Å². The van der Waals surface area contributed by atoms with Crippen LogP contribution >= 0.6 is 22.9 Å². The molecule has 2 aromatic heterocycles. The van der Waals surface area contributed by atoms with Crippen molar-refractivity contribution in [3.63, 3.8) is 0 Å². The van der Waals surface area contributed by atoms with E-state index < -0.39 is 14.6 Å². The molecule has 0 unspecified atom stereocenters. The van der Waals surface area contributed by atoms with Gasteiger partial charge in [0.2, 0.25) is 0 Å². The summed E-state index contributed by atoms with van der Waals surface area (Å²) in [6.45, 7) is 4.87. The van der Waals surface area contributed by atoms with Crippen LogP contribution in [-0.4, -0.2) is 35.1 Å². The molecule has 0 atom stereocenters. The van der Waals surface area contributed by atoms with Crippen molar-refractivity contribution in [3.8, 4) is 0 Å². The smallest absolute Gasteiger partial charge is 0.251 e. The lowest BCUT2D eigenvalue weighted by atomic mass is 9.50. The first kappa shape index (κ1) is 22.7. The molecule has 3 aromatic rings. The minimum atomic E-state index is -3.61. The molecule has 9 heteroatoms. The second kappa shape index (κ2) is 7.75. The molecule has 2 heterocycles. The number of nitrogens with one attached hydrogen (secondary N) is 1. The summed E-state index contributed by atoms with van der Waals surface area (Å²) in [4.78, 5) is 21.5. The molecule has 174 valence electrons. The third-order valence-corrected chi connectivity index (χ3v) is 10.7. The Morgan fingerprint density at radius 3 is 2.58 bits per heavy atom. The summed E-state index contributed by atoms with van der Waals surface area (Å²) in [5, 5.41) is 4.89. The number of carbonyl (C=O) groups is 1. The van der Waals surface area contributed by atoms with Crippen molar-refractivity contribution >= 4 is 48.9 Å². The number of hydrogen-bond acceptors (Lipinski definition) is 6. The summed E-state index contributed by atoms with van der Waals surface area (Å²) < 4.78 is 25.5. The van der Waals surface area contributed by atoms with E-state index in [4.69, 9.17) is 16.6 Å². The fourth-order valence-electron chi connectivity index (χ4n) is 4.95. The van der Waals surface area contributed by atoms with Gasteiger partial charge in [0.25, 0.3) is 5.91 Å². The maximum absolute atomic E-state index is 12.8. The molecule has 0 bridgehead atoms. The molecule has 2 aliphatic carbocycles. The number of amides is 1. The Balaban J connectivity index is 1.18. The second-order valence-corrected chi connectivity index (χ2v) is 14.5. The lowest BCUT2D eigenvalue weighted by Crippen LogP contribution is -2.55. The number of benzene rings is 1. The van der Waals surface area contributed by atoms with E-state index in [2.05, 4.69) is 10.3 Å². The first-order valence-corrected chi connectivity index (χ1v) is 13.7. The summed E-state index contributed by atoms with van der Waals surface area (Å²) in [6.07, 6.45) is 5.47. The number of halogens is 1. The van der Waals surface area contributed by atoms with Crippen molar-refractivity contribution in [2.75, 3.05) is 0 Å². The highest BCUT2D eigenvalue weighted by Crippen LogP contribution is 2.62. The van der Waals surface area contributed by atoms with Crippen molar-refractivity contribution in [3.05, 3.63) is 52.1 Å². The van der Waals surface area contributed by atoms with Gasteiger partial charge in [-0.15, -0.1) is 11.3 Å². The fourth-order valence-corrected chi connectivity index (χ4v) is 7.28. The number of rotatable bonds is 4. The zero-order chi connectivity index (χ0) is 23.6.